The van der Waals surface area contributed by atoms with E-state index in [4.69, 9.17) is 9.57 Å². The third-order valence-corrected chi connectivity index (χ3v) is 3.13. The Kier molecular flexibility index (Phi) is 3.21. The third-order valence-electron chi connectivity index (χ3n) is 1.87. The molecule has 5 heteroatoms. The lowest BCUT2D eigenvalue weighted by molar-refractivity contribution is -0.181. The minimum absolute atomic E-state index is 0.124. The van der Waals surface area contributed by atoms with Gasteiger partial charge < -0.3 is 4.74 Å². The molecule has 4 nitrogen and oxygen atoms in total. The van der Waals surface area contributed by atoms with E-state index in [-0.39, 0.29) is 16.9 Å². The normalized spacial score (nSPS) is 26.0. The lowest BCUT2D eigenvalue weighted by Gasteiger charge is -2.20. The Labute approximate surface area is 82.5 Å². The van der Waals surface area contributed by atoms with Crippen molar-refractivity contribution in [1.82, 2.24) is 5.06 Å². The molecule has 1 atom stereocenters. The number of hydroxylamine groups is 2. The van der Waals surface area contributed by atoms with Crippen LogP contribution in [0.5, 0.6) is 0 Å². The van der Waals surface area contributed by atoms with Crippen LogP contribution in [0.25, 0.3) is 0 Å². The van der Waals surface area contributed by atoms with Gasteiger partial charge in [-0.3, -0.25) is 9.63 Å². The summed E-state index contributed by atoms with van der Waals surface area (Å²) in [7, 11) is 3.05. The van der Waals surface area contributed by atoms with Gasteiger partial charge in [0.1, 0.15) is 11.0 Å². The van der Waals surface area contributed by atoms with E-state index in [1.165, 1.54) is 12.2 Å². The molecule has 0 saturated carbocycles. The molecule has 1 fully saturated rings. The summed E-state index contributed by atoms with van der Waals surface area (Å²) in [4.78, 5) is 16.1. The molecule has 0 aliphatic carbocycles. The molecule has 1 heterocycles. The van der Waals surface area contributed by atoms with E-state index >= 15 is 0 Å². The van der Waals surface area contributed by atoms with Crippen molar-refractivity contribution in [3.8, 4) is 0 Å². The van der Waals surface area contributed by atoms with Gasteiger partial charge in [0.25, 0.3) is 5.91 Å². The molecule has 76 valence electrons. The molecule has 13 heavy (non-hydrogen) atoms. The summed E-state index contributed by atoms with van der Waals surface area (Å²) in [6, 6.07) is 0. The van der Waals surface area contributed by atoms with Crippen LogP contribution >= 0.6 is 11.8 Å². The fraction of sp³-hybridized carbons (Fsp3) is 0.875. The minimum Gasteiger partial charge on any atom is -0.351 e. The smallest absolute Gasteiger partial charge is 0.275 e. The number of hydrogen-bond acceptors (Lipinski definition) is 4. The van der Waals surface area contributed by atoms with Crippen LogP contribution in [0.2, 0.25) is 0 Å². The predicted molar refractivity (Wildman–Crippen MR) is 51.2 cm³/mol. The lowest BCUT2D eigenvalue weighted by Crippen LogP contribution is -2.38. The van der Waals surface area contributed by atoms with Gasteiger partial charge in [-0.25, -0.2) is 5.06 Å². The zero-order valence-electron chi connectivity index (χ0n) is 8.36. The molecular formula is C8H15NO3S. The van der Waals surface area contributed by atoms with E-state index in [9.17, 15) is 4.79 Å². The zero-order chi connectivity index (χ0) is 10.1. The van der Waals surface area contributed by atoms with Crippen LogP contribution in [0.3, 0.4) is 0 Å². The molecule has 0 N–H and O–H groups in total. The Balaban J connectivity index is 2.51. The number of nitrogens with zero attached hydrogens (tertiary/aromatic N) is 1. The number of rotatable bonds is 2. The topological polar surface area (TPSA) is 38.8 Å². The second-order valence-electron chi connectivity index (χ2n) is 3.34. The molecule has 1 unspecified atom stereocenters. The van der Waals surface area contributed by atoms with Gasteiger partial charge in [-0.05, 0) is 13.8 Å². The summed E-state index contributed by atoms with van der Waals surface area (Å²) < 4.78 is 5.53. The van der Waals surface area contributed by atoms with Gasteiger partial charge in [0.15, 0.2) is 0 Å². The number of carbonyl (C=O) groups is 1. The van der Waals surface area contributed by atoms with E-state index < -0.39 is 0 Å². The fourth-order valence-electron chi connectivity index (χ4n) is 1.10. The highest BCUT2D eigenvalue weighted by Crippen LogP contribution is 2.35. The van der Waals surface area contributed by atoms with Crippen LogP contribution < -0.4 is 0 Å². The Hall–Kier alpha value is -0.260. The van der Waals surface area contributed by atoms with Gasteiger partial charge in [0, 0.05) is 12.8 Å². The SMILES string of the molecule is CON(C)C(=O)C1CSC(C)(C)O1. The molecule has 0 spiro atoms. The first-order valence-electron chi connectivity index (χ1n) is 4.10. The molecule has 1 saturated heterocycles. The van der Waals surface area contributed by atoms with Gasteiger partial charge >= 0.3 is 0 Å². The first-order valence-corrected chi connectivity index (χ1v) is 5.08. The van der Waals surface area contributed by atoms with E-state index in [0.29, 0.717) is 5.75 Å². The molecule has 0 aromatic carbocycles. The molecule has 1 aliphatic rings. The molecule has 0 aromatic rings. The Bertz CT molecular complexity index is 208. The van der Waals surface area contributed by atoms with Crippen molar-refractivity contribution in [3.05, 3.63) is 0 Å². The van der Waals surface area contributed by atoms with Crippen molar-refractivity contribution in [1.29, 1.82) is 0 Å². The lowest BCUT2D eigenvalue weighted by atomic mass is 10.3. The first kappa shape index (κ1) is 10.8. The monoisotopic (exact) mass is 205 g/mol. The summed E-state index contributed by atoms with van der Waals surface area (Å²) in [5, 5.41) is 1.20. The molecule has 1 rings (SSSR count). The third kappa shape index (κ3) is 2.59. The van der Waals surface area contributed by atoms with Crippen molar-refractivity contribution in [2.45, 2.75) is 24.9 Å². The standard InChI is InChI=1S/C8H15NO3S/c1-8(2)12-6(5-13-8)7(10)9(3)11-4/h6H,5H2,1-4H3. The van der Waals surface area contributed by atoms with Gasteiger partial charge in [-0.2, -0.15) is 0 Å². The van der Waals surface area contributed by atoms with Crippen LogP contribution in [-0.4, -0.2) is 41.9 Å². The number of ether oxygens (including phenoxy) is 1. The summed E-state index contributed by atoms with van der Waals surface area (Å²) in [6.07, 6.45) is -0.370. The van der Waals surface area contributed by atoms with Gasteiger partial charge in [-0.15, -0.1) is 11.8 Å². The molecule has 1 amide bonds. The quantitative estimate of drug-likeness (QED) is 0.627. The highest BCUT2D eigenvalue weighted by atomic mass is 32.2. The first-order chi connectivity index (χ1) is 5.96. The highest BCUT2D eigenvalue weighted by Gasteiger charge is 2.38. The molecule has 0 radical (unpaired) electrons. The Morgan fingerprint density at radius 3 is 2.69 bits per heavy atom. The highest BCUT2D eigenvalue weighted by molar-refractivity contribution is 8.00. The minimum atomic E-state index is -0.370. The summed E-state index contributed by atoms with van der Waals surface area (Å²) in [5.74, 6) is 0.570. The summed E-state index contributed by atoms with van der Waals surface area (Å²) >= 11 is 1.64. The summed E-state index contributed by atoms with van der Waals surface area (Å²) in [6.45, 7) is 3.91. The average Bonchev–Trinajstić information content (AvgIpc) is 2.43. The maximum atomic E-state index is 11.5. The van der Waals surface area contributed by atoms with Crippen LogP contribution in [0.1, 0.15) is 13.8 Å². The average molecular weight is 205 g/mol. The summed E-state index contributed by atoms with van der Waals surface area (Å²) in [5.41, 5.74) is 0. The maximum absolute atomic E-state index is 11.5. The van der Waals surface area contributed by atoms with Crippen LogP contribution in [0.15, 0.2) is 0 Å². The van der Waals surface area contributed by atoms with E-state index in [0.717, 1.165) is 0 Å². The van der Waals surface area contributed by atoms with Crippen molar-refractivity contribution in [2.75, 3.05) is 19.9 Å². The van der Waals surface area contributed by atoms with Gasteiger partial charge in [0.05, 0.1) is 7.11 Å². The maximum Gasteiger partial charge on any atom is 0.275 e. The van der Waals surface area contributed by atoms with Crippen LogP contribution in [-0.2, 0) is 14.4 Å². The predicted octanol–water partition coefficient (Wildman–Crippen LogP) is 0.874. The van der Waals surface area contributed by atoms with Crippen LogP contribution in [0.4, 0.5) is 0 Å². The Morgan fingerprint density at radius 1 is 1.69 bits per heavy atom. The fourth-order valence-corrected chi connectivity index (χ4v) is 2.05. The molecule has 0 aromatic heterocycles. The zero-order valence-corrected chi connectivity index (χ0v) is 9.18. The van der Waals surface area contributed by atoms with E-state index in [2.05, 4.69) is 0 Å². The van der Waals surface area contributed by atoms with Crippen molar-refractivity contribution in [2.24, 2.45) is 0 Å². The largest absolute Gasteiger partial charge is 0.351 e. The van der Waals surface area contributed by atoms with Crippen molar-refractivity contribution in [3.63, 3.8) is 0 Å². The van der Waals surface area contributed by atoms with Crippen molar-refractivity contribution >= 4 is 17.7 Å². The number of hydrogen-bond donors (Lipinski definition) is 0. The van der Waals surface area contributed by atoms with E-state index in [1.54, 1.807) is 18.8 Å². The number of amides is 1. The number of likely N-dealkylation sites (N-methyl/N-ethyl adjacent to an activating group) is 1. The van der Waals surface area contributed by atoms with Crippen molar-refractivity contribution < 1.29 is 14.4 Å². The second-order valence-corrected chi connectivity index (χ2v) is 4.94. The molecular weight excluding hydrogens is 190 g/mol. The number of carbonyl (C=O) groups excluding carboxylic acids is 1. The van der Waals surface area contributed by atoms with Crippen LogP contribution in [0, 0.1) is 0 Å². The Morgan fingerprint density at radius 2 is 2.31 bits per heavy atom. The molecule has 0 bridgehead atoms. The van der Waals surface area contributed by atoms with Gasteiger partial charge in [0.2, 0.25) is 0 Å². The van der Waals surface area contributed by atoms with Gasteiger partial charge in [-0.1, -0.05) is 0 Å². The number of thioether (sulfide) groups is 1. The second kappa shape index (κ2) is 3.86. The van der Waals surface area contributed by atoms with E-state index in [1.807, 2.05) is 13.8 Å². The molecule has 1 aliphatic heterocycles.